The van der Waals surface area contributed by atoms with Crippen LogP contribution in [0, 0.1) is 0 Å². The maximum atomic E-state index is 6.48. The molecule has 0 saturated heterocycles. The van der Waals surface area contributed by atoms with Crippen LogP contribution in [0.3, 0.4) is 0 Å². The van der Waals surface area contributed by atoms with Crippen molar-refractivity contribution in [2.45, 2.75) is 56.3 Å². The highest BCUT2D eigenvalue weighted by molar-refractivity contribution is 6.30. The predicted octanol–water partition coefficient (Wildman–Crippen LogP) is 3.41. The molecule has 4 aliphatic carbocycles. The fraction of sp³-hybridized carbons (Fsp3) is 0.643. The molecule has 0 spiro atoms. The van der Waals surface area contributed by atoms with Crippen LogP contribution in [0.25, 0.3) is 5.65 Å². The van der Waals surface area contributed by atoms with Crippen molar-refractivity contribution >= 4 is 17.2 Å². The SMILES string of the molecule is Clc1nn2c(C3CC3)nnc2c2c1C1CCC2CC1. The van der Waals surface area contributed by atoms with E-state index in [-0.39, 0.29) is 0 Å². The third-order valence-corrected chi connectivity index (χ3v) is 5.37. The molecule has 4 nitrogen and oxygen atoms in total. The molecule has 2 bridgehead atoms. The molecule has 98 valence electrons. The van der Waals surface area contributed by atoms with Gasteiger partial charge in [-0.1, -0.05) is 11.6 Å². The second-order valence-corrected chi connectivity index (χ2v) is 6.59. The standard InChI is InChI=1S/C14H15ClN4/c15-12-10-7-1-3-8(4-2-7)11(10)14-17-16-13(9-5-6-9)19(14)18-12/h7-9H,1-6H2. The summed E-state index contributed by atoms with van der Waals surface area (Å²) < 4.78 is 1.93. The van der Waals surface area contributed by atoms with Crippen molar-refractivity contribution in [3.05, 3.63) is 22.1 Å². The fourth-order valence-electron chi connectivity index (χ4n) is 3.99. The Balaban J connectivity index is 1.85. The van der Waals surface area contributed by atoms with E-state index in [4.69, 9.17) is 11.6 Å². The zero-order valence-electron chi connectivity index (χ0n) is 10.6. The number of hydrogen-bond donors (Lipinski definition) is 0. The van der Waals surface area contributed by atoms with Crippen LogP contribution in [0.5, 0.6) is 0 Å². The monoisotopic (exact) mass is 274 g/mol. The molecule has 0 unspecified atom stereocenters. The summed E-state index contributed by atoms with van der Waals surface area (Å²) in [7, 11) is 0. The minimum atomic E-state index is 0.553. The van der Waals surface area contributed by atoms with Gasteiger partial charge in [0.1, 0.15) is 0 Å². The molecule has 0 amide bonds. The van der Waals surface area contributed by atoms with Crippen molar-refractivity contribution in [2.24, 2.45) is 0 Å². The zero-order chi connectivity index (χ0) is 12.6. The lowest BCUT2D eigenvalue weighted by Crippen LogP contribution is -2.24. The summed E-state index contributed by atoms with van der Waals surface area (Å²) in [5, 5.41) is 14.1. The van der Waals surface area contributed by atoms with Crippen LogP contribution >= 0.6 is 11.6 Å². The first-order chi connectivity index (χ1) is 9.33. The molecule has 0 atom stereocenters. The van der Waals surface area contributed by atoms with Gasteiger partial charge in [0.2, 0.25) is 0 Å². The summed E-state index contributed by atoms with van der Waals surface area (Å²) in [4.78, 5) is 0. The van der Waals surface area contributed by atoms with Crippen LogP contribution in [-0.4, -0.2) is 19.8 Å². The first-order valence-electron chi connectivity index (χ1n) is 7.27. The maximum Gasteiger partial charge on any atom is 0.181 e. The Bertz CT molecular complexity index is 680. The van der Waals surface area contributed by atoms with Crippen molar-refractivity contribution in [3.63, 3.8) is 0 Å². The summed E-state index contributed by atoms with van der Waals surface area (Å²) in [5.74, 6) is 2.80. The molecule has 2 heterocycles. The summed E-state index contributed by atoms with van der Waals surface area (Å²) in [6.07, 6.45) is 7.50. The van der Waals surface area contributed by atoms with Crippen LogP contribution in [0.1, 0.15) is 73.2 Å². The van der Waals surface area contributed by atoms with E-state index in [0.29, 0.717) is 22.9 Å². The smallest absolute Gasteiger partial charge is 0.181 e. The molecule has 4 aliphatic rings. The zero-order valence-corrected chi connectivity index (χ0v) is 11.4. The Morgan fingerprint density at radius 2 is 1.47 bits per heavy atom. The molecule has 0 N–H and O–H groups in total. The van der Waals surface area contributed by atoms with Gasteiger partial charge < -0.3 is 0 Å². The van der Waals surface area contributed by atoms with E-state index < -0.39 is 0 Å². The van der Waals surface area contributed by atoms with Crippen LogP contribution in [-0.2, 0) is 0 Å². The normalized spacial score (nSPS) is 28.9. The van der Waals surface area contributed by atoms with Gasteiger partial charge in [-0.25, -0.2) is 0 Å². The third-order valence-electron chi connectivity index (χ3n) is 5.09. The van der Waals surface area contributed by atoms with Crippen molar-refractivity contribution in [2.75, 3.05) is 0 Å². The average Bonchev–Trinajstić information content (AvgIpc) is 3.20. The fourth-order valence-corrected chi connectivity index (χ4v) is 4.32. The summed E-state index contributed by atoms with van der Waals surface area (Å²) >= 11 is 6.48. The van der Waals surface area contributed by atoms with E-state index in [2.05, 4.69) is 15.3 Å². The van der Waals surface area contributed by atoms with Crippen molar-refractivity contribution < 1.29 is 0 Å². The van der Waals surface area contributed by atoms with Gasteiger partial charge in [-0.05, 0) is 50.4 Å². The molecule has 5 heteroatoms. The first kappa shape index (κ1) is 10.6. The highest BCUT2D eigenvalue weighted by Gasteiger charge is 2.39. The molecule has 2 aromatic rings. The second-order valence-electron chi connectivity index (χ2n) is 6.23. The average molecular weight is 275 g/mol. The molecule has 0 radical (unpaired) electrons. The molecule has 0 aliphatic heterocycles. The molecule has 19 heavy (non-hydrogen) atoms. The van der Waals surface area contributed by atoms with Gasteiger partial charge in [0.15, 0.2) is 16.6 Å². The van der Waals surface area contributed by atoms with Gasteiger partial charge in [-0.3, -0.25) is 0 Å². The van der Waals surface area contributed by atoms with Gasteiger partial charge in [0, 0.05) is 17.0 Å². The highest BCUT2D eigenvalue weighted by atomic mass is 35.5. The topological polar surface area (TPSA) is 43.1 Å². The van der Waals surface area contributed by atoms with Crippen LogP contribution in [0.2, 0.25) is 5.15 Å². The number of nitrogens with zero attached hydrogens (tertiary/aromatic N) is 4. The van der Waals surface area contributed by atoms with E-state index in [1.807, 2.05) is 4.52 Å². The van der Waals surface area contributed by atoms with Crippen molar-refractivity contribution in [1.29, 1.82) is 0 Å². The number of hydrogen-bond acceptors (Lipinski definition) is 3. The lowest BCUT2D eigenvalue weighted by Gasteiger charge is -2.38. The molecule has 6 rings (SSSR count). The molecule has 2 saturated carbocycles. The molecular formula is C14H15ClN4. The van der Waals surface area contributed by atoms with Gasteiger partial charge >= 0.3 is 0 Å². The predicted molar refractivity (Wildman–Crippen MR) is 71.7 cm³/mol. The summed E-state index contributed by atoms with van der Waals surface area (Å²) in [6.45, 7) is 0. The third kappa shape index (κ3) is 1.33. The Morgan fingerprint density at radius 3 is 2.16 bits per heavy atom. The van der Waals surface area contributed by atoms with E-state index in [1.54, 1.807) is 0 Å². The van der Waals surface area contributed by atoms with Gasteiger partial charge in [-0.15, -0.1) is 10.2 Å². The van der Waals surface area contributed by atoms with Gasteiger partial charge in [0.05, 0.1) is 0 Å². The summed E-state index contributed by atoms with van der Waals surface area (Å²) in [6, 6.07) is 0. The number of rotatable bonds is 1. The van der Waals surface area contributed by atoms with Crippen LogP contribution in [0.4, 0.5) is 0 Å². The Hall–Kier alpha value is -1.16. The van der Waals surface area contributed by atoms with Crippen LogP contribution < -0.4 is 0 Å². The molecule has 2 fully saturated rings. The largest absolute Gasteiger partial charge is 0.195 e. The highest BCUT2D eigenvalue weighted by Crippen LogP contribution is 2.52. The molecule has 0 aromatic carbocycles. The molecular weight excluding hydrogens is 260 g/mol. The maximum absolute atomic E-state index is 6.48. The van der Waals surface area contributed by atoms with E-state index in [9.17, 15) is 0 Å². The Kier molecular flexibility index (Phi) is 1.94. The summed E-state index contributed by atoms with van der Waals surface area (Å²) in [5.41, 5.74) is 3.63. The van der Waals surface area contributed by atoms with Crippen molar-refractivity contribution in [3.8, 4) is 0 Å². The number of halogens is 1. The van der Waals surface area contributed by atoms with Crippen LogP contribution in [0.15, 0.2) is 0 Å². The van der Waals surface area contributed by atoms with E-state index >= 15 is 0 Å². The quantitative estimate of drug-likeness (QED) is 0.800. The van der Waals surface area contributed by atoms with Gasteiger partial charge in [-0.2, -0.15) is 9.61 Å². The second kappa shape index (κ2) is 3.48. The Labute approximate surface area is 116 Å². The Morgan fingerprint density at radius 1 is 0.842 bits per heavy atom. The van der Waals surface area contributed by atoms with Crippen molar-refractivity contribution in [1.82, 2.24) is 19.8 Å². The van der Waals surface area contributed by atoms with Gasteiger partial charge in [0.25, 0.3) is 0 Å². The number of fused-ring (bicyclic) bond motifs is 3. The lowest BCUT2D eigenvalue weighted by atomic mass is 9.68. The first-order valence-corrected chi connectivity index (χ1v) is 7.65. The minimum Gasteiger partial charge on any atom is -0.195 e. The number of aromatic nitrogens is 4. The minimum absolute atomic E-state index is 0.553. The van der Waals surface area contributed by atoms with E-state index in [1.165, 1.54) is 49.7 Å². The molecule has 2 aromatic heterocycles. The lowest BCUT2D eigenvalue weighted by molar-refractivity contribution is 0.357. The van der Waals surface area contributed by atoms with E-state index in [0.717, 1.165) is 11.5 Å².